The number of rotatable bonds is 6. The fourth-order valence-electron chi connectivity index (χ4n) is 3.44. The molecule has 0 unspecified atom stereocenters. The molecular weight excluding hydrogens is 413 g/mol. The van der Waals surface area contributed by atoms with E-state index in [0.717, 1.165) is 24.4 Å². The number of aromatic nitrogens is 2. The zero-order valence-corrected chi connectivity index (χ0v) is 16.6. The predicted octanol–water partition coefficient (Wildman–Crippen LogP) is 2.96. The van der Waals surface area contributed by atoms with E-state index in [0.29, 0.717) is 36.4 Å². The van der Waals surface area contributed by atoms with Gasteiger partial charge in [-0.3, -0.25) is 9.59 Å². The Morgan fingerprint density at radius 1 is 1.23 bits per heavy atom. The molecule has 0 saturated heterocycles. The molecule has 0 radical (unpaired) electrons. The summed E-state index contributed by atoms with van der Waals surface area (Å²) in [6.07, 6.45) is 0.341. The highest BCUT2D eigenvalue weighted by Crippen LogP contribution is 2.38. The number of hydrogen-bond acceptors (Lipinski definition) is 5. The minimum Gasteiger partial charge on any atom is -0.406 e. The van der Waals surface area contributed by atoms with Crippen molar-refractivity contribution in [1.29, 1.82) is 0 Å². The standard InChI is InChI=1S/C21H21F3N4O3/c22-21(23,24)31-15-7-3-13(4-8-15)10-25-18(29)12-28-9-1-2-17-16(20(28)30)11-26-19(27-17)14-5-6-14/h3-4,7-8,11,14H,1-2,5-6,9-10,12H2,(H,25,29). The zero-order chi connectivity index (χ0) is 22.0. The van der Waals surface area contributed by atoms with Gasteiger partial charge in [0.2, 0.25) is 5.91 Å². The zero-order valence-electron chi connectivity index (χ0n) is 16.6. The number of carbonyl (C=O) groups is 2. The van der Waals surface area contributed by atoms with Crippen LogP contribution in [0.5, 0.6) is 5.75 Å². The molecule has 0 bridgehead atoms. The second-order valence-corrected chi connectivity index (χ2v) is 7.66. The lowest BCUT2D eigenvalue weighted by atomic mass is 10.1. The number of alkyl halides is 3. The molecule has 10 heteroatoms. The van der Waals surface area contributed by atoms with E-state index in [1.165, 1.54) is 29.2 Å². The van der Waals surface area contributed by atoms with Crippen molar-refractivity contribution in [2.75, 3.05) is 13.1 Å². The lowest BCUT2D eigenvalue weighted by Crippen LogP contribution is -2.40. The molecule has 1 fully saturated rings. The SMILES string of the molecule is O=C(CN1CCCc2nc(C3CC3)ncc2C1=O)NCc1ccc(OC(F)(F)F)cc1. The minimum atomic E-state index is -4.75. The van der Waals surface area contributed by atoms with Crippen LogP contribution < -0.4 is 10.1 Å². The minimum absolute atomic E-state index is 0.113. The van der Waals surface area contributed by atoms with Gasteiger partial charge in [-0.2, -0.15) is 0 Å². The number of nitrogens with one attached hydrogen (secondary N) is 1. The summed E-state index contributed by atoms with van der Waals surface area (Å²) in [5, 5.41) is 2.68. The first-order valence-corrected chi connectivity index (χ1v) is 10.0. The largest absolute Gasteiger partial charge is 0.573 e. The number of aryl methyl sites for hydroxylation is 1. The van der Waals surface area contributed by atoms with Crippen LogP contribution in [0.15, 0.2) is 30.5 Å². The predicted molar refractivity (Wildman–Crippen MR) is 103 cm³/mol. The lowest BCUT2D eigenvalue weighted by molar-refractivity contribution is -0.274. The van der Waals surface area contributed by atoms with E-state index in [4.69, 9.17) is 0 Å². The van der Waals surface area contributed by atoms with Crippen LogP contribution in [0, 0.1) is 0 Å². The Morgan fingerprint density at radius 2 is 1.97 bits per heavy atom. The van der Waals surface area contributed by atoms with Gasteiger partial charge in [0, 0.05) is 25.2 Å². The van der Waals surface area contributed by atoms with Crippen LogP contribution in [0.1, 0.15) is 52.6 Å². The number of fused-ring (bicyclic) bond motifs is 1. The van der Waals surface area contributed by atoms with Crippen molar-refractivity contribution < 1.29 is 27.5 Å². The average Bonchev–Trinajstić information content (AvgIpc) is 3.56. The summed E-state index contributed by atoms with van der Waals surface area (Å²) in [5.41, 5.74) is 1.79. The number of amides is 2. The summed E-state index contributed by atoms with van der Waals surface area (Å²) in [6.45, 7) is 0.445. The third kappa shape index (κ3) is 5.50. The second-order valence-electron chi connectivity index (χ2n) is 7.66. The molecule has 164 valence electrons. The molecule has 0 atom stereocenters. The van der Waals surface area contributed by atoms with E-state index in [2.05, 4.69) is 20.0 Å². The number of halogens is 3. The van der Waals surface area contributed by atoms with Gasteiger partial charge in [-0.05, 0) is 43.4 Å². The van der Waals surface area contributed by atoms with Crippen LogP contribution in [0.3, 0.4) is 0 Å². The Labute approximate surface area is 176 Å². The van der Waals surface area contributed by atoms with E-state index >= 15 is 0 Å². The molecule has 1 aliphatic heterocycles. The Hall–Kier alpha value is -3.17. The van der Waals surface area contributed by atoms with Crippen molar-refractivity contribution in [2.24, 2.45) is 0 Å². The first kappa shape index (κ1) is 21.1. The van der Waals surface area contributed by atoms with Gasteiger partial charge in [0.1, 0.15) is 11.6 Å². The summed E-state index contributed by atoms with van der Waals surface area (Å²) >= 11 is 0. The van der Waals surface area contributed by atoms with Crippen LogP contribution in [-0.4, -0.2) is 46.1 Å². The maximum atomic E-state index is 12.9. The Kier molecular flexibility index (Phi) is 5.79. The van der Waals surface area contributed by atoms with E-state index in [1.54, 1.807) is 6.20 Å². The topological polar surface area (TPSA) is 84.4 Å². The van der Waals surface area contributed by atoms with Crippen molar-refractivity contribution in [3.8, 4) is 5.75 Å². The maximum Gasteiger partial charge on any atom is 0.573 e. The molecule has 0 spiro atoms. The number of nitrogens with zero attached hydrogens (tertiary/aromatic N) is 3. The van der Waals surface area contributed by atoms with E-state index < -0.39 is 6.36 Å². The van der Waals surface area contributed by atoms with Gasteiger partial charge in [0.05, 0.1) is 17.8 Å². The first-order valence-electron chi connectivity index (χ1n) is 10.0. The maximum absolute atomic E-state index is 12.9. The monoisotopic (exact) mass is 434 g/mol. The van der Waals surface area contributed by atoms with Gasteiger partial charge in [0.25, 0.3) is 5.91 Å². The summed E-state index contributed by atoms with van der Waals surface area (Å²) in [6, 6.07) is 5.23. The summed E-state index contributed by atoms with van der Waals surface area (Å²) in [5.74, 6) is 0.245. The molecule has 2 amide bonds. The highest BCUT2D eigenvalue weighted by Gasteiger charge is 2.31. The molecule has 2 aliphatic rings. The fourth-order valence-corrected chi connectivity index (χ4v) is 3.44. The smallest absolute Gasteiger partial charge is 0.406 e. The van der Waals surface area contributed by atoms with E-state index in [9.17, 15) is 22.8 Å². The van der Waals surface area contributed by atoms with E-state index in [-0.39, 0.29) is 30.7 Å². The molecule has 2 heterocycles. The molecule has 1 aliphatic carbocycles. The molecule has 31 heavy (non-hydrogen) atoms. The third-order valence-electron chi connectivity index (χ3n) is 5.17. The van der Waals surface area contributed by atoms with Gasteiger partial charge in [-0.15, -0.1) is 13.2 Å². The molecule has 2 aromatic rings. The first-order chi connectivity index (χ1) is 14.8. The number of benzene rings is 1. The third-order valence-corrected chi connectivity index (χ3v) is 5.17. The van der Waals surface area contributed by atoms with Gasteiger partial charge >= 0.3 is 6.36 Å². The van der Waals surface area contributed by atoms with Crippen molar-refractivity contribution >= 4 is 11.8 Å². The Bertz CT molecular complexity index is 975. The van der Waals surface area contributed by atoms with Crippen LogP contribution >= 0.6 is 0 Å². The number of carbonyl (C=O) groups excluding carboxylic acids is 2. The van der Waals surface area contributed by atoms with Gasteiger partial charge in [0.15, 0.2) is 0 Å². The fraction of sp³-hybridized carbons (Fsp3) is 0.429. The molecule has 1 N–H and O–H groups in total. The van der Waals surface area contributed by atoms with Crippen molar-refractivity contribution in [3.05, 3.63) is 53.1 Å². The molecule has 1 aromatic carbocycles. The average molecular weight is 434 g/mol. The number of hydrogen-bond donors (Lipinski definition) is 1. The Balaban J connectivity index is 1.32. The van der Waals surface area contributed by atoms with Crippen molar-refractivity contribution in [1.82, 2.24) is 20.2 Å². The van der Waals surface area contributed by atoms with Crippen LogP contribution in [0.2, 0.25) is 0 Å². The van der Waals surface area contributed by atoms with E-state index in [1.807, 2.05) is 0 Å². The van der Waals surface area contributed by atoms with Crippen LogP contribution in [0.4, 0.5) is 13.2 Å². The lowest BCUT2D eigenvalue weighted by Gasteiger charge is -2.20. The van der Waals surface area contributed by atoms with Gasteiger partial charge < -0.3 is 15.0 Å². The molecule has 7 nitrogen and oxygen atoms in total. The van der Waals surface area contributed by atoms with Crippen molar-refractivity contribution in [3.63, 3.8) is 0 Å². The highest BCUT2D eigenvalue weighted by atomic mass is 19.4. The quantitative estimate of drug-likeness (QED) is 0.756. The number of ether oxygens (including phenoxy) is 1. The van der Waals surface area contributed by atoms with Crippen molar-refractivity contribution in [2.45, 2.75) is 44.5 Å². The normalized spacial score (nSPS) is 16.5. The molecule has 1 aromatic heterocycles. The molecular formula is C21H21F3N4O3. The van der Waals surface area contributed by atoms with Crippen LogP contribution in [-0.2, 0) is 17.8 Å². The van der Waals surface area contributed by atoms with Gasteiger partial charge in [-0.25, -0.2) is 9.97 Å². The summed E-state index contributed by atoms with van der Waals surface area (Å²) in [4.78, 5) is 35.6. The van der Waals surface area contributed by atoms with Crippen LogP contribution in [0.25, 0.3) is 0 Å². The highest BCUT2D eigenvalue weighted by molar-refractivity contribution is 5.97. The molecule has 1 saturated carbocycles. The summed E-state index contributed by atoms with van der Waals surface area (Å²) < 4.78 is 40.4. The summed E-state index contributed by atoms with van der Waals surface area (Å²) in [7, 11) is 0. The Morgan fingerprint density at radius 3 is 2.65 bits per heavy atom. The second kappa shape index (κ2) is 8.52. The van der Waals surface area contributed by atoms with Gasteiger partial charge in [-0.1, -0.05) is 12.1 Å². The molecule has 4 rings (SSSR count).